The predicted octanol–water partition coefficient (Wildman–Crippen LogP) is 3.88. The summed E-state index contributed by atoms with van der Waals surface area (Å²) in [7, 11) is 2.78. The first kappa shape index (κ1) is 16.6. The van der Waals surface area contributed by atoms with Crippen molar-refractivity contribution in [2.45, 2.75) is 38.0 Å². The highest BCUT2D eigenvalue weighted by atomic mass is 16.5. The molecule has 0 aliphatic heterocycles. The standard InChI is InChI=1S/C19H23NO4/c1-19(17(21)23-2,13-8-4-5-9-13)15-12-20(18(22)24-3)16-11-7-6-10-14(15)16/h6-7,10-13H,4-5,8-9H2,1-3H3. The quantitative estimate of drug-likeness (QED) is 0.802. The van der Waals surface area contributed by atoms with E-state index in [4.69, 9.17) is 9.47 Å². The minimum absolute atomic E-state index is 0.210. The van der Waals surface area contributed by atoms with Gasteiger partial charge in [0.2, 0.25) is 0 Å². The highest BCUT2D eigenvalue weighted by Gasteiger charge is 2.46. The Labute approximate surface area is 141 Å². The molecular weight excluding hydrogens is 306 g/mol. The van der Waals surface area contributed by atoms with Crippen LogP contribution >= 0.6 is 0 Å². The molecular formula is C19H23NO4. The Morgan fingerprint density at radius 1 is 1.12 bits per heavy atom. The molecule has 5 heteroatoms. The fraction of sp³-hybridized carbons (Fsp3) is 0.474. The fourth-order valence-corrected chi connectivity index (χ4v) is 4.05. The maximum atomic E-state index is 12.8. The van der Waals surface area contributed by atoms with E-state index in [-0.39, 0.29) is 11.9 Å². The van der Waals surface area contributed by atoms with E-state index < -0.39 is 11.5 Å². The van der Waals surface area contributed by atoms with Crippen LogP contribution in [0.15, 0.2) is 30.5 Å². The Bertz CT molecular complexity index is 773. The fourth-order valence-electron chi connectivity index (χ4n) is 4.05. The summed E-state index contributed by atoms with van der Waals surface area (Å²) in [4.78, 5) is 24.9. The number of aromatic nitrogens is 1. The topological polar surface area (TPSA) is 57.5 Å². The van der Waals surface area contributed by atoms with Crippen molar-refractivity contribution in [3.05, 3.63) is 36.0 Å². The van der Waals surface area contributed by atoms with Gasteiger partial charge in [-0.1, -0.05) is 31.0 Å². The molecule has 1 saturated carbocycles. The van der Waals surface area contributed by atoms with Crippen molar-refractivity contribution < 1.29 is 19.1 Å². The van der Waals surface area contributed by atoms with Gasteiger partial charge >= 0.3 is 12.1 Å². The molecule has 0 radical (unpaired) electrons. The molecule has 24 heavy (non-hydrogen) atoms. The number of para-hydroxylation sites is 1. The molecule has 2 aromatic rings. The summed E-state index contributed by atoms with van der Waals surface area (Å²) in [5.41, 5.74) is 0.805. The van der Waals surface area contributed by atoms with Crippen LogP contribution in [0.2, 0.25) is 0 Å². The number of esters is 1. The number of nitrogens with zero attached hydrogens (tertiary/aromatic N) is 1. The van der Waals surface area contributed by atoms with Crippen LogP contribution in [0.5, 0.6) is 0 Å². The molecule has 0 amide bonds. The molecule has 128 valence electrons. The van der Waals surface area contributed by atoms with E-state index in [0.29, 0.717) is 0 Å². The second-order valence-corrected chi connectivity index (χ2v) is 6.58. The average Bonchev–Trinajstić information content (AvgIpc) is 3.28. The number of benzene rings is 1. The lowest BCUT2D eigenvalue weighted by Crippen LogP contribution is -2.40. The van der Waals surface area contributed by atoms with Gasteiger partial charge in [-0.05, 0) is 37.3 Å². The molecule has 1 aliphatic carbocycles. The third-order valence-electron chi connectivity index (χ3n) is 5.42. The monoisotopic (exact) mass is 329 g/mol. The summed E-state index contributed by atoms with van der Waals surface area (Å²) in [6, 6.07) is 7.60. The van der Waals surface area contributed by atoms with Gasteiger partial charge < -0.3 is 9.47 Å². The Hall–Kier alpha value is -2.30. The van der Waals surface area contributed by atoms with Gasteiger partial charge in [-0.2, -0.15) is 0 Å². The van der Waals surface area contributed by atoms with Crippen molar-refractivity contribution in [2.24, 2.45) is 5.92 Å². The van der Waals surface area contributed by atoms with Crippen LogP contribution in [0, 0.1) is 5.92 Å². The van der Waals surface area contributed by atoms with Crippen molar-refractivity contribution in [1.82, 2.24) is 4.57 Å². The van der Waals surface area contributed by atoms with Crippen LogP contribution in [0.25, 0.3) is 10.9 Å². The SMILES string of the molecule is COC(=O)n1cc(C(C)(C(=O)OC)C2CCCC2)c2ccccc21. The van der Waals surface area contributed by atoms with Gasteiger partial charge in [0.1, 0.15) is 0 Å². The first-order valence-corrected chi connectivity index (χ1v) is 8.31. The Morgan fingerprint density at radius 3 is 2.42 bits per heavy atom. The first-order chi connectivity index (χ1) is 11.5. The molecule has 0 N–H and O–H groups in total. The lowest BCUT2D eigenvalue weighted by molar-refractivity contribution is -0.149. The molecule has 1 aromatic heterocycles. The van der Waals surface area contributed by atoms with Gasteiger partial charge in [-0.15, -0.1) is 0 Å². The summed E-state index contributed by atoms with van der Waals surface area (Å²) < 4.78 is 11.5. The van der Waals surface area contributed by atoms with E-state index in [1.54, 1.807) is 6.20 Å². The van der Waals surface area contributed by atoms with Gasteiger partial charge in [-0.25, -0.2) is 4.79 Å². The van der Waals surface area contributed by atoms with Gasteiger partial charge in [0.05, 0.1) is 25.2 Å². The lowest BCUT2D eigenvalue weighted by Gasteiger charge is -2.32. The Balaban J connectivity index is 2.25. The average molecular weight is 329 g/mol. The molecule has 3 rings (SSSR count). The van der Waals surface area contributed by atoms with Crippen molar-refractivity contribution >= 4 is 23.0 Å². The highest BCUT2D eigenvalue weighted by molar-refractivity contribution is 5.97. The minimum atomic E-state index is -0.774. The number of carbonyl (C=O) groups excluding carboxylic acids is 2. The van der Waals surface area contributed by atoms with Gasteiger partial charge in [-0.3, -0.25) is 9.36 Å². The minimum Gasteiger partial charge on any atom is -0.468 e. The second kappa shape index (κ2) is 6.30. The zero-order chi connectivity index (χ0) is 17.3. The van der Waals surface area contributed by atoms with Crippen LogP contribution in [0.3, 0.4) is 0 Å². The van der Waals surface area contributed by atoms with Crippen LogP contribution in [0.4, 0.5) is 4.79 Å². The van der Waals surface area contributed by atoms with Crippen molar-refractivity contribution in [1.29, 1.82) is 0 Å². The maximum absolute atomic E-state index is 12.8. The summed E-state index contributed by atoms with van der Waals surface area (Å²) in [5, 5.41) is 0.891. The molecule has 1 unspecified atom stereocenters. The summed E-state index contributed by atoms with van der Waals surface area (Å²) in [6.45, 7) is 1.94. The van der Waals surface area contributed by atoms with Crippen LogP contribution in [-0.2, 0) is 19.7 Å². The van der Waals surface area contributed by atoms with Crippen molar-refractivity contribution in [3.63, 3.8) is 0 Å². The van der Waals surface area contributed by atoms with Crippen molar-refractivity contribution in [3.8, 4) is 0 Å². The van der Waals surface area contributed by atoms with Crippen LogP contribution in [0.1, 0.15) is 38.2 Å². The van der Waals surface area contributed by atoms with Crippen molar-refractivity contribution in [2.75, 3.05) is 14.2 Å². The van der Waals surface area contributed by atoms with E-state index in [0.717, 1.165) is 42.1 Å². The summed E-state index contributed by atoms with van der Waals surface area (Å²) in [6.07, 6.45) is 5.49. The Kier molecular flexibility index (Phi) is 4.35. The molecule has 1 heterocycles. The molecule has 0 saturated heterocycles. The summed E-state index contributed by atoms with van der Waals surface area (Å²) in [5.74, 6) is -0.0379. The van der Waals surface area contributed by atoms with E-state index in [1.165, 1.54) is 18.8 Å². The highest BCUT2D eigenvalue weighted by Crippen LogP contribution is 2.45. The molecule has 5 nitrogen and oxygen atoms in total. The second-order valence-electron chi connectivity index (χ2n) is 6.58. The van der Waals surface area contributed by atoms with E-state index in [1.807, 2.05) is 31.2 Å². The third-order valence-corrected chi connectivity index (χ3v) is 5.42. The zero-order valence-corrected chi connectivity index (χ0v) is 14.4. The third kappa shape index (κ3) is 2.39. The number of rotatable bonds is 3. The molecule has 1 fully saturated rings. The number of methoxy groups -OCH3 is 2. The van der Waals surface area contributed by atoms with Crippen LogP contribution in [-0.4, -0.2) is 30.8 Å². The number of carbonyl (C=O) groups is 2. The predicted molar refractivity (Wildman–Crippen MR) is 91.1 cm³/mol. The number of hydrogen-bond acceptors (Lipinski definition) is 4. The van der Waals surface area contributed by atoms with Gasteiger partial charge in [0, 0.05) is 11.6 Å². The molecule has 1 atom stereocenters. The molecule has 1 aliphatic rings. The normalized spacial score (nSPS) is 17.6. The summed E-state index contributed by atoms with van der Waals surface area (Å²) >= 11 is 0. The lowest BCUT2D eigenvalue weighted by atomic mass is 9.71. The van der Waals surface area contributed by atoms with E-state index in [2.05, 4.69) is 0 Å². The first-order valence-electron chi connectivity index (χ1n) is 8.31. The number of ether oxygens (including phenoxy) is 2. The van der Waals surface area contributed by atoms with Gasteiger partial charge in [0.25, 0.3) is 0 Å². The maximum Gasteiger partial charge on any atom is 0.418 e. The van der Waals surface area contributed by atoms with Crippen LogP contribution < -0.4 is 0 Å². The molecule has 0 spiro atoms. The largest absolute Gasteiger partial charge is 0.468 e. The van der Waals surface area contributed by atoms with E-state index >= 15 is 0 Å². The molecule has 0 bridgehead atoms. The number of hydrogen-bond donors (Lipinski definition) is 0. The van der Waals surface area contributed by atoms with Gasteiger partial charge in [0.15, 0.2) is 0 Å². The smallest absolute Gasteiger partial charge is 0.418 e. The van der Waals surface area contributed by atoms with E-state index in [9.17, 15) is 9.59 Å². The number of fused-ring (bicyclic) bond motifs is 1. The Morgan fingerprint density at radius 2 is 1.79 bits per heavy atom. The zero-order valence-electron chi connectivity index (χ0n) is 14.4. The molecule has 1 aromatic carbocycles.